The molecule has 1 aromatic heterocycles. The van der Waals surface area contributed by atoms with Crippen LogP contribution in [0.4, 0.5) is 0 Å². The fourth-order valence-corrected chi connectivity index (χ4v) is 1.72. The van der Waals surface area contributed by atoms with Crippen LogP contribution in [0.1, 0.15) is 0 Å². The average Bonchev–Trinajstić information content (AvgIpc) is 2.24. The summed E-state index contributed by atoms with van der Waals surface area (Å²) in [6, 6.07) is 0. The highest BCUT2D eigenvalue weighted by atomic mass is 32.2. The van der Waals surface area contributed by atoms with E-state index in [9.17, 15) is 18.0 Å². The first-order chi connectivity index (χ1) is 7.97. The van der Waals surface area contributed by atoms with Crippen molar-refractivity contribution in [3.8, 4) is 0 Å². The zero-order valence-electron chi connectivity index (χ0n) is 8.85. The largest absolute Gasteiger partial charge is 0.382 e. The molecule has 0 bridgehead atoms. The Morgan fingerprint density at radius 2 is 2.06 bits per heavy atom. The number of sulfonamides is 1. The summed E-state index contributed by atoms with van der Waals surface area (Å²) in [5.41, 5.74) is -1.83. The highest BCUT2D eigenvalue weighted by Gasteiger charge is 2.18. The number of rotatable bonds is 6. The number of aromatic nitrogens is 2. The molecule has 0 aliphatic heterocycles. The van der Waals surface area contributed by atoms with E-state index in [1.54, 1.807) is 9.87 Å². The summed E-state index contributed by atoms with van der Waals surface area (Å²) >= 11 is 0. The lowest BCUT2D eigenvalue weighted by molar-refractivity contribution is 0.0438. The van der Waals surface area contributed by atoms with Crippen molar-refractivity contribution in [3.63, 3.8) is 0 Å². The van der Waals surface area contributed by atoms with E-state index in [1.807, 2.05) is 4.98 Å². The van der Waals surface area contributed by atoms with Gasteiger partial charge in [0.2, 0.25) is 0 Å². The molecule has 17 heavy (non-hydrogen) atoms. The van der Waals surface area contributed by atoms with E-state index < -0.39 is 26.2 Å². The van der Waals surface area contributed by atoms with Crippen molar-refractivity contribution in [2.45, 2.75) is 4.90 Å². The van der Waals surface area contributed by atoms with Gasteiger partial charge in [-0.2, -0.15) is 0 Å². The van der Waals surface area contributed by atoms with Crippen LogP contribution in [0, 0.1) is 0 Å². The van der Waals surface area contributed by atoms with E-state index in [0.717, 1.165) is 6.20 Å². The summed E-state index contributed by atoms with van der Waals surface area (Å²) in [6.07, 6.45) is 0.781. The Labute approximate surface area is 95.8 Å². The third kappa shape index (κ3) is 3.78. The highest BCUT2D eigenvalue weighted by molar-refractivity contribution is 7.89. The van der Waals surface area contributed by atoms with Crippen LogP contribution in [0.15, 0.2) is 20.7 Å². The lowest BCUT2D eigenvalue weighted by atomic mass is 10.7. The van der Waals surface area contributed by atoms with Crippen LogP contribution < -0.4 is 16.1 Å². The van der Waals surface area contributed by atoms with Crippen LogP contribution in [0.25, 0.3) is 0 Å². The van der Waals surface area contributed by atoms with Gasteiger partial charge in [-0.1, -0.05) is 4.89 Å². The molecule has 0 amide bonds. The molecule has 1 rings (SSSR count). The number of ether oxygens (including phenoxy) is 1. The summed E-state index contributed by atoms with van der Waals surface area (Å²) in [4.78, 5) is 31.4. The lowest BCUT2D eigenvalue weighted by Gasteiger charge is -2.05. The predicted octanol–water partition coefficient (Wildman–Crippen LogP) is -2.08. The van der Waals surface area contributed by atoms with Crippen LogP contribution in [0.2, 0.25) is 0 Å². The zero-order valence-corrected chi connectivity index (χ0v) is 9.67. The third-order valence-electron chi connectivity index (χ3n) is 1.63. The maximum atomic E-state index is 11.5. The smallest absolute Gasteiger partial charge is 0.325 e. The summed E-state index contributed by atoms with van der Waals surface area (Å²) in [6.45, 7) is 0.168. The summed E-state index contributed by atoms with van der Waals surface area (Å²) in [7, 11) is -2.71. The number of aromatic amines is 2. The Balaban J connectivity index is 2.83. The Hall–Kier alpha value is -1.49. The third-order valence-corrected chi connectivity index (χ3v) is 2.85. The van der Waals surface area contributed by atoms with E-state index in [1.165, 1.54) is 7.11 Å². The molecule has 0 saturated heterocycles. The van der Waals surface area contributed by atoms with Gasteiger partial charge in [0.05, 0.1) is 13.2 Å². The second-order valence-corrected chi connectivity index (χ2v) is 4.48. The molecule has 0 fully saturated rings. The maximum Gasteiger partial charge on any atom is 0.325 e. The van der Waals surface area contributed by atoms with E-state index in [-0.39, 0.29) is 13.2 Å². The Morgan fingerprint density at radius 1 is 1.35 bits per heavy atom. The van der Waals surface area contributed by atoms with Crippen molar-refractivity contribution in [3.05, 3.63) is 27.0 Å². The fraction of sp³-hybridized carbons (Fsp3) is 0.429. The van der Waals surface area contributed by atoms with E-state index in [0.29, 0.717) is 0 Å². The molecule has 0 spiro atoms. The lowest BCUT2D eigenvalue weighted by Crippen LogP contribution is -2.33. The highest BCUT2D eigenvalue weighted by Crippen LogP contribution is 1.97. The first-order valence-corrected chi connectivity index (χ1v) is 5.90. The Bertz CT molecular complexity index is 574. The molecule has 0 atom stereocenters. The van der Waals surface area contributed by atoms with Gasteiger partial charge >= 0.3 is 5.69 Å². The molecule has 3 N–H and O–H groups in total. The monoisotopic (exact) mass is 265 g/mol. The van der Waals surface area contributed by atoms with Crippen LogP contribution in [-0.2, 0) is 19.6 Å². The Morgan fingerprint density at radius 3 is 2.65 bits per heavy atom. The molecule has 1 heterocycles. The minimum atomic E-state index is -4.13. The average molecular weight is 265 g/mol. The fourth-order valence-electron chi connectivity index (χ4n) is 0.886. The quantitative estimate of drug-likeness (QED) is 0.399. The van der Waals surface area contributed by atoms with Crippen LogP contribution in [0.5, 0.6) is 0 Å². The van der Waals surface area contributed by atoms with E-state index >= 15 is 0 Å². The van der Waals surface area contributed by atoms with Crippen LogP contribution in [0.3, 0.4) is 0 Å². The first-order valence-electron chi connectivity index (χ1n) is 4.42. The number of hydrogen-bond acceptors (Lipinski definition) is 6. The van der Waals surface area contributed by atoms with Gasteiger partial charge in [-0.15, -0.1) is 0 Å². The molecule has 1 aromatic rings. The van der Waals surface area contributed by atoms with Crippen molar-refractivity contribution in [1.29, 1.82) is 0 Å². The van der Waals surface area contributed by atoms with Gasteiger partial charge in [-0.25, -0.2) is 13.2 Å². The van der Waals surface area contributed by atoms with Gasteiger partial charge < -0.3 is 9.72 Å². The molecular weight excluding hydrogens is 254 g/mol. The van der Waals surface area contributed by atoms with Gasteiger partial charge in [0.25, 0.3) is 15.6 Å². The molecule has 9 nitrogen and oxygen atoms in total. The zero-order chi connectivity index (χ0) is 12.9. The number of nitrogens with one attached hydrogen (secondary N) is 3. The molecule has 10 heteroatoms. The standard InChI is InChI=1S/C7H11N3O6S/c1-15-2-3-16-10-17(13,14)5-4-8-7(12)9-6(5)11/h4,10H,2-3H2,1H3,(H2,8,9,11,12). The van der Waals surface area contributed by atoms with Crippen molar-refractivity contribution >= 4 is 10.0 Å². The van der Waals surface area contributed by atoms with E-state index in [2.05, 4.69) is 9.57 Å². The molecule has 96 valence electrons. The SMILES string of the molecule is COCCONS(=O)(=O)c1c[nH]c(=O)[nH]c1=O. The summed E-state index contributed by atoms with van der Waals surface area (Å²) in [5.74, 6) is 0. The minimum absolute atomic E-state index is 0.0169. The molecule has 0 unspecified atom stereocenters. The van der Waals surface area contributed by atoms with Crippen molar-refractivity contribution in [1.82, 2.24) is 14.9 Å². The summed E-state index contributed by atoms with van der Waals surface area (Å²) in [5, 5.41) is 0. The van der Waals surface area contributed by atoms with Crippen molar-refractivity contribution < 1.29 is 18.0 Å². The van der Waals surface area contributed by atoms with Crippen LogP contribution >= 0.6 is 0 Å². The van der Waals surface area contributed by atoms with Crippen molar-refractivity contribution in [2.24, 2.45) is 0 Å². The van der Waals surface area contributed by atoms with Gasteiger partial charge in [0, 0.05) is 13.3 Å². The maximum absolute atomic E-state index is 11.5. The Kier molecular flexibility index (Phi) is 4.57. The number of methoxy groups -OCH3 is 1. The predicted molar refractivity (Wildman–Crippen MR) is 55.8 cm³/mol. The minimum Gasteiger partial charge on any atom is -0.382 e. The number of hydrogen-bond donors (Lipinski definition) is 3. The molecule has 0 aromatic carbocycles. The summed E-state index contributed by atoms with van der Waals surface area (Å²) < 4.78 is 27.6. The van der Waals surface area contributed by atoms with Gasteiger partial charge in [0.1, 0.15) is 0 Å². The molecular formula is C7H11N3O6S. The first kappa shape index (κ1) is 13.6. The molecule has 0 radical (unpaired) electrons. The topological polar surface area (TPSA) is 130 Å². The molecule has 0 saturated carbocycles. The van der Waals surface area contributed by atoms with E-state index in [4.69, 9.17) is 0 Å². The van der Waals surface area contributed by atoms with Gasteiger partial charge in [-0.3, -0.25) is 14.6 Å². The second kappa shape index (κ2) is 5.72. The normalized spacial score (nSPS) is 11.6. The second-order valence-electron chi connectivity index (χ2n) is 2.86. The van der Waals surface area contributed by atoms with Crippen LogP contribution in [-0.4, -0.2) is 38.7 Å². The van der Waals surface area contributed by atoms with Gasteiger partial charge in [0.15, 0.2) is 4.90 Å². The van der Waals surface area contributed by atoms with Crippen molar-refractivity contribution in [2.75, 3.05) is 20.3 Å². The number of H-pyrrole nitrogens is 2. The van der Waals surface area contributed by atoms with Gasteiger partial charge in [-0.05, 0) is 0 Å². The molecule has 0 aliphatic carbocycles. The molecule has 0 aliphatic rings.